The van der Waals surface area contributed by atoms with Gasteiger partial charge in [-0.3, -0.25) is 0 Å². The van der Waals surface area contributed by atoms with Gasteiger partial charge >= 0.3 is 5.97 Å². The number of hydrogen-bond donors (Lipinski definition) is 2. The third-order valence-electron chi connectivity index (χ3n) is 2.84. The SMILES string of the molecule is O=C(O)c1cccc(S(=O)(=O)N2CC[C@H](O)C2)c1. The van der Waals surface area contributed by atoms with Crippen LogP contribution in [0.4, 0.5) is 0 Å². The molecule has 2 rings (SSSR count). The first-order chi connectivity index (χ1) is 8.41. The second-order valence-electron chi connectivity index (χ2n) is 4.14. The highest BCUT2D eigenvalue weighted by Crippen LogP contribution is 2.21. The lowest BCUT2D eigenvalue weighted by Crippen LogP contribution is -2.29. The summed E-state index contributed by atoms with van der Waals surface area (Å²) in [7, 11) is -3.72. The Balaban J connectivity index is 2.35. The van der Waals surface area contributed by atoms with Crippen LogP contribution in [-0.4, -0.2) is 48.1 Å². The first-order valence-electron chi connectivity index (χ1n) is 5.43. The van der Waals surface area contributed by atoms with E-state index < -0.39 is 22.1 Å². The van der Waals surface area contributed by atoms with Gasteiger partial charge in [0.2, 0.25) is 10.0 Å². The minimum Gasteiger partial charge on any atom is -0.478 e. The molecule has 1 aliphatic rings. The Morgan fingerprint density at radius 2 is 2.11 bits per heavy atom. The molecule has 0 bridgehead atoms. The summed E-state index contributed by atoms with van der Waals surface area (Å²) in [4.78, 5) is 10.7. The lowest BCUT2D eigenvalue weighted by Gasteiger charge is -2.15. The normalized spacial score (nSPS) is 21.1. The van der Waals surface area contributed by atoms with Crippen LogP contribution >= 0.6 is 0 Å². The van der Waals surface area contributed by atoms with Crippen LogP contribution in [0, 0.1) is 0 Å². The third-order valence-corrected chi connectivity index (χ3v) is 4.71. The number of carboxylic acid groups (broad SMARTS) is 1. The predicted octanol–water partition coefficient (Wildman–Crippen LogP) is 0.140. The number of carbonyl (C=O) groups is 1. The molecule has 0 unspecified atom stereocenters. The zero-order chi connectivity index (χ0) is 13.3. The molecule has 0 radical (unpaired) electrons. The van der Waals surface area contributed by atoms with Gasteiger partial charge in [-0.1, -0.05) is 6.07 Å². The molecule has 1 aromatic rings. The van der Waals surface area contributed by atoms with Crippen molar-refractivity contribution in [2.75, 3.05) is 13.1 Å². The standard InChI is InChI=1S/C11H13NO5S/c13-9-4-5-12(7-9)18(16,17)10-3-1-2-8(6-10)11(14)15/h1-3,6,9,13H,4-5,7H2,(H,14,15)/t9-/m0/s1. The van der Waals surface area contributed by atoms with Crippen molar-refractivity contribution in [2.24, 2.45) is 0 Å². The highest BCUT2D eigenvalue weighted by Gasteiger charge is 2.31. The summed E-state index contributed by atoms with van der Waals surface area (Å²) in [5.41, 5.74) is -0.0733. The Morgan fingerprint density at radius 1 is 1.39 bits per heavy atom. The van der Waals surface area contributed by atoms with Crippen molar-refractivity contribution in [3.63, 3.8) is 0 Å². The predicted molar refractivity (Wildman–Crippen MR) is 62.8 cm³/mol. The second-order valence-corrected chi connectivity index (χ2v) is 6.08. The Hall–Kier alpha value is -1.44. The zero-order valence-electron chi connectivity index (χ0n) is 9.48. The lowest BCUT2D eigenvalue weighted by molar-refractivity contribution is 0.0696. The minimum absolute atomic E-state index is 0.0552. The fraction of sp³-hybridized carbons (Fsp3) is 0.364. The fourth-order valence-electron chi connectivity index (χ4n) is 1.87. The van der Waals surface area contributed by atoms with Crippen molar-refractivity contribution in [2.45, 2.75) is 17.4 Å². The third kappa shape index (κ3) is 2.38. The van der Waals surface area contributed by atoms with Gasteiger partial charge in [-0.25, -0.2) is 13.2 Å². The van der Waals surface area contributed by atoms with Crippen LogP contribution in [0.3, 0.4) is 0 Å². The van der Waals surface area contributed by atoms with Crippen LogP contribution < -0.4 is 0 Å². The van der Waals surface area contributed by atoms with Crippen molar-refractivity contribution >= 4 is 16.0 Å². The second kappa shape index (κ2) is 4.68. The number of carboxylic acids is 1. The lowest BCUT2D eigenvalue weighted by atomic mass is 10.2. The van der Waals surface area contributed by atoms with Gasteiger partial charge in [0.25, 0.3) is 0 Å². The number of hydrogen-bond acceptors (Lipinski definition) is 4. The first kappa shape index (κ1) is 13.0. The van der Waals surface area contributed by atoms with E-state index in [1.807, 2.05) is 0 Å². The number of sulfonamides is 1. The number of aromatic carboxylic acids is 1. The molecule has 1 fully saturated rings. The molecule has 2 N–H and O–H groups in total. The van der Waals surface area contributed by atoms with Crippen LogP contribution in [0.15, 0.2) is 29.2 Å². The molecule has 0 aromatic heterocycles. The van der Waals surface area contributed by atoms with Crippen LogP contribution in [0.1, 0.15) is 16.8 Å². The summed E-state index contributed by atoms with van der Waals surface area (Å²) in [6, 6.07) is 5.21. The molecule has 0 saturated carbocycles. The molecule has 1 heterocycles. The van der Waals surface area contributed by atoms with Crippen LogP contribution in [0.2, 0.25) is 0 Å². The molecule has 1 saturated heterocycles. The summed E-state index contributed by atoms with van der Waals surface area (Å²) in [6.45, 7) is 0.306. The molecule has 0 amide bonds. The Morgan fingerprint density at radius 3 is 2.67 bits per heavy atom. The summed E-state index contributed by atoms with van der Waals surface area (Å²) in [5.74, 6) is -1.17. The Bertz CT molecular complexity index is 569. The number of rotatable bonds is 3. The van der Waals surface area contributed by atoms with Crippen molar-refractivity contribution in [3.8, 4) is 0 Å². The van der Waals surface area contributed by atoms with Gasteiger partial charge < -0.3 is 10.2 Å². The molecule has 18 heavy (non-hydrogen) atoms. The molecular weight excluding hydrogens is 258 g/mol. The van der Waals surface area contributed by atoms with Crippen LogP contribution in [-0.2, 0) is 10.0 Å². The van der Waals surface area contributed by atoms with Crippen LogP contribution in [0.5, 0.6) is 0 Å². The van der Waals surface area contributed by atoms with E-state index in [9.17, 15) is 18.3 Å². The fourth-order valence-corrected chi connectivity index (χ4v) is 3.41. The highest BCUT2D eigenvalue weighted by atomic mass is 32.2. The summed E-state index contributed by atoms with van der Waals surface area (Å²) in [6.07, 6.45) is -0.250. The molecule has 0 aliphatic carbocycles. The Labute approximate surface area is 105 Å². The molecule has 1 atom stereocenters. The van der Waals surface area contributed by atoms with Crippen LogP contribution in [0.25, 0.3) is 0 Å². The Kier molecular flexibility index (Phi) is 3.38. The monoisotopic (exact) mass is 271 g/mol. The largest absolute Gasteiger partial charge is 0.478 e. The van der Waals surface area contributed by atoms with Crippen molar-refractivity contribution in [1.82, 2.24) is 4.31 Å². The van der Waals surface area contributed by atoms with Gasteiger partial charge in [0, 0.05) is 13.1 Å². The van der Waals surface area contributed by atoms with Gasteiger partial charge in [-0.2, -0.15) is 4.31 Å². The highest BCUT2D eigenvalue weighted by molar-refractivity contribution is 7.89. The van der Waals surface area contributed by atoms with E-state index in [0.29, 0.717) is 6.42 Å². The minimum atomic E-state index is -3.72. The maximum absolute atomic E-state index is 12.2. The number of benzene rings is 1. The quantitative estimate of drug-likeness (QED) is 0.815. The van der Waals surface area contributed by atoms with E-state index in [1.165, 1.54) is 22.5 Å². The molecule has 1 aromatic carbocycles. The number of aliphatic hydroxyl groups excluding tert-OH is 1. The molecule has 7 heteroatoms. The van der Waals surface area contributed by atoms with Gasteiger partial charge in [-0.15, -0.1) is 0 Å². The van der Waals surface area contributed by atoms with Crippen molar-refractivity contribution in [3.05, 3.63) is 29.8 Å². The van der Waals surface area contributed by atoms with Crippen molar-refractivity contribution < 1.29 is 23.4 Å². The summed E-state index contributed by atoms with van der Waals surface area (Å²) < 4.78 is 25.5. The topological polar surface area (TPSA) is 94.9 Å². The molecule has 6 nitrogen and oxygen atoms in total. The molecular formula is C11H13NO5S. The maximum Gasteiger partial charge on any atom is 0.335 e. The number of β-amino-alcohol motifs (C(OH)–C–C–N with tert-alkyl or cyclic N) is 1. The first-order valence-corrected chi connectivity index (χ1v) is 6.87. The maximum atomic E-state index is 12.2. The van der Waals surface area contributed by atoms with E-state index >= 15 is 0 Å². The van der Waals surface area contributed by atoms with Gasteiger partial charge in [0.05, 0.1) is 16.6 Å². The van der Waals surface area contributed by atoms with Crippen molar-refractivity contribution in [1.29, 1.82) is 0 Å². The van der Waals surface area contributed by atoms with E-state index in [1.54, 1.807) is 0 Å². The number of aliphatic hydroxyl groups is 1. The van der Waals surface area contributed by atoms with E-state index in [4.69, 9.17) is 5.11 Å². The van der Waals surface area contributed by atoms with Gasteiger partial charge in [0.15, 0.2) is 0 Å². The summed E-state index contributed by atoms with van der Waals surface area (Å²) in [5, 5.41) is 18.2. The average Bonchev–Trinajstić information content (AvgIpc) is 2.77. The average molecular weight is 271 g/mol. The molecule has 0 spiro atoms. The van der Waals surface area contributed by atoms with E-state index in [2.05, 4.69) is 0 Å². The summed E-state index contributed by atoms with van der Waals surface area (Å²) >= 11 is 0. The number of nitrogens with zero attached hydrogens (tertiary/aromatic N) is 1. The van der Waals surface area contributed by atoms with E-state index in [-0.39, 0.29) is 23.5 Å². The smallest absolute Gasteiger partial charge is 0.335 e. The molecule has 98 valence electrons. The van der Waals surface area contributed by atoms with E-state index in [0.717, 1.165) is 6.07 Å². The zero-order valence-corrected chi connectivity index (χ0v) is 10.3. The van der Waals surface area contributed by atoms with Gasteiger partial charge in [0.1, 0.15) is 0 Å². The molecule has 1 aliphatic heterocycles. The van der Waals surface area contributed by atoms with Gasteiger partial charge in [-0.05, 0) is 24.6 Å².